The number of nitriles is 1. The third-order valence-electron chi connectivity index (χ3n) is 3.59. The number of aliphatic carboxylic acids is 1. The number of carboxylic acids is 1. The Bertz CT molecular complexity index is 701. The molecule has 1 N–H and O–H groups in total. The van der Waals surface area contributed by atoms with Crippen LogP contribution in [0.15, 0.2) is 48.5 Å². The van der Waals surface area contributed by atoms with Crippen molar-refractivity contribution < 1.29 is 14.6 Å². The summed E-state index contributed by atoms with van der Waals surface area (Å²) < 4.78 is 5.56. The van der Waals surface area contributed by atoms with Crippen LogP contribution in [0.3, 0.4) is 0 Å². The average Bonchev–Trinajstić information content (AvgIpc) is 2.59. The van der Waals surface area contributed by atoms with Crippen molar-refractivity contribution in [2.24, 2.45) is 0 Å². The molecule has 2 aromatic carbocycles. The van der Waals surface area contributed by atoms with Crippen molar-refractivity contribution >= 4 is 5.97 Å². The highest BCUT2D eigenvalue weighted by Gasteiger charge is 2.18. The number of ether oxygens (including phenoxy) is 1. The van der Waals surface area contributed by atoms with Crippen LogP contribution in [0, 0.1) is 11.3 Å². The summed E-state index contributed by atoms with van der Waals surface area (Å²) in [6.07, 6.45) is 1.40. The van der Waals surface area contributed by atoms with Crippen LogP contribution in [0.2, 0.25) is 0 Å². The van der Waals surface area contributed by atoms with Crippen molar-refractivity contribution in [1.82, 2.24) is 0 Å². The van der Waals surface area contributed by atoms with Gasteiger partial charge in [0.25, 0.3) is 0 Å². The Morgan fingerprint density at radius 2 is 1.91 bits per heavy atom. The Kier molecular flexibility index (Phi) is 5.76. The minimum absolute atomic E-state index is 0.491. The predicted octanol–water partition coefficient (Wildman–Crippen LogP) is 4.25. The van der Waals surface area contributed by atoms with Crippen molar-refractivity contribution in [2.75, 3.05) is 0 Å². The Hall–Kier alpha value is -2.80. The molecule has 2 rings (SSSR count). The van der Waals surface area contributed by atoms with Gasteiger partial charge in [0, 0.05) is 0 Å². The third-order valence-corrected chi connectivity index (χ3v) is 3.59. The van der Waals surface area contributed by atoms with Crippen LogP contribution in [0.1, 0.15) is 31.7 Å². The number of hydrogen-bond donors (Lipinski definition) is 1. The lowest BCUT2D eigenvalue weighted by molar-refractivity contribution is -0.145. The van der Waals surface area contributed by atoms with E-state index in [-0.39, 0.29) is 0 Å². The Morgan fingerprint density at radius 1 is 1.22 bits per heavy atom. The quantitative estimate of drug-likeness (QED) is 0.830. The van der Waals surface area contributed by atoms with E-state index in [0.29, 0.717) is 17.7 Å². The number of benzene rings is 2. The van der Waals surface area contributed by atoms with E-state index in [9.17, 15) is 9.90 Å². The molecule has 0 fully saturated rings. The standard InChI is InChI=1S/C19H19NO3/c1-2-3-8-18(19(21)22)23-16-11-9-14(10-12-16)17-7-5-4-6-15(17)13-20/h4-7,9-12,18H,2-3,8H2,1H3,(H,21,22). The number of hydrogen-bond acceptors (Lipinski definition) is 3. The fourth-order valence-corrected chi connectivity index (χ4v) is 2.33. The maximum atomic E-state index is 11.2. The monoisotopic (exact) mass is 309 g/mol. The van der Waals surface area contributed by atoms with Gasteiger partial charge in [-0.15, -0.1) is 0 Å². The lowest BCUT2D eigenvalue weighted by atomic mass is 10.0. The first kappa shape index (κ1) is 16.6. The molecule has 0 aliphatic carbocycles. The summed E-state index contributed by atoms with van der Waals surface area (Å²) in [7, 11) is 0. The van der Waals surface area contributed by atoms with E-state index >= 15 is 0 Å². The predicted molar refractivity (Wildman–Crippen MR) is 88.2 cm³/mol. The largest absolute Gasteiger partial charge is 0.479 e. The fourth-order valence-electron chi connectivity index (χ4n) is 2.33. The zero-order valence-corrected chi connectivity index (χ0v) is 13.0. The molecular formula is C19H19NO3. The summed E-state index contributed by atoms with van der Waals surface area (Å²) >= 11 is 0. The van der Waals surface area contributed by atoms with Gasteiger partial charge in [-0.3, -0.25) is 0 Å². The van der Waals surface area contributed by atoms with Gasteiger partial charge in [-0.1, -0.05) is 43.7 Å². The minimum atomic E-state index is -0.947. The van der Waals surface area contributed by atoms with Crippen molar-refractivity contribution in [3.05, 3.63) is 54.1 Å². The summed E-state index contributed by atoms with van der Waals surface area (Å²) in [6.45, 7) is 2.01. The lowest BCUT2D eigenvalue weighted by Gasteiger charge is -2.15. The molecule has 4 nitrogen and oxygen atoms in total. The Morgan fingerprint density at radius 3 is 2.52 bits per heavy atom. The molecule has 0 bridgehead atoms. The molecule has 0 spiro atoms. The minimum Gasteiger partial charge on any atom is -0.479 e. The summed E-state index contributed by atoms with van der Waals surface area (Å²) in [6, 6.07) is 16.7. The second kappa shape index (κ2) is 8.00. The highest BCUT2D eigenvalue weighted by molar-refractivity contribution is 5.73. The van der Waals surface area contributed by atoms with Gasteiger partial charge in [-0.25, -0.2) is 4.79 Å². The molecule has 0 aliphatic rings. The van der Waals surface area contributed by atoms with Gasteiger partial charge in [-0.05, 0) is 42.2 Å². The highest BCUT2D eigenvalue weighted by atomic mass is 16.5. The fraction of sp³-hybridized carbons (Fsp3) is 0.263. The highest BCUT2D eigenvalue weighted by Crippen LogP contribution is 2.26. The van der Waals surface area contributed by atoms with E-state index in [4.69, 9.17) is 10.00 Å². The second-order valence-electron chi connectivity index (χ2n) is 5.27. The van der Waals surface area contributed by atoms with Crippen LogP contribution >= 0.6 is 0 Å². The van der Waals surface area contributed by atoms with Gasteiger partial charge in [0.05, 0.1) is 11.6 Å². The molecule has 0 amide bonds. The maximum Gasteiger partial charge on any atom is 0.344 e. The van der Waals surface area contributed by atoms with Crippen molar-refractivity contribution in [3.8, 4) is 22.9 Å². The molecule has 0 aromatic heterocycles. The Labute approximate surface area is 136 Å². The van der Waals surface area contributed by atoms with E-state index in [1.54, 1.807) is 18.2 Å². The van der Waals surface area contributed by atoms with Gasteiger partial charge in [0.1, 0.15) is 5.75 Å². The number of rotatable bonds is 7. The average molecular weight is 309 g/mol. The zero-order chi connectivity index (χ0) is 16.7. The van der Waals surface area contributed by atoms with Crippen molar-refractivity contribution in [1.29, 1.82) is 5.26 Å². The van der Waals surface area contributed by atoms with E-state index in [1.165, 1.54) is 0 Å². The van der Waals surface area contributed by atoms with E-state index in [1.807, 2.05) is 37.3 Å². The van der Waals surface area contributed by atoms with E-state index in [0.717, 1.165) is 24.0 Å². The summed E-state index contributed by atoms with van der Waals surface area (Å²) in [4.78, 5) is 11.2. The third kappa shape index (κ3) is 4.33. The molecule has 0 saturated carbocycles. The van der Waals surface area contributed by atoms with E-state index < -0.39 is 12.1 Å². The zero-order valence-electron chi connectivity index (χ0n) is 13.0. The molecular weight excluding hydrogens is 290 g/mol. The van der Waals surface area contributed by atoms with Gasteiger partial charge < -0.3 is 9.84 Å². The first-order chi connectivity index (χ1) is 11.2. The molecule has 0 heterocycles. The van der Waals surface area contributed by atoms with Crippen molar-refractivity contribution in [3.63, 3.8) is 0 Å². The number of carboxylic acid groups (broad SMARTS) is 1. The first-order valence-electron chi connectivity index (χ1n) is 7.64. The normalized spacial score (nSPS) is 11.5. The molecule has 0 aliphatic heterocycles. The maximum absolute atomic E-state index is 11.2. The van der Waals surface area contributed by atoms with Crippen LogP contribution in [-0.2, 0) is 4.79 Å². The van der Waals surface area contributed by atoms with E-state index in [2.05, 4.69) is 6.07 Å². The SMILES string of the molecule is CCCCC(Oc1ccc(-c2ccccc2C#N)cc1)C(=O)O. The molecule has 2 aromatic rings. The summed E-state index contributed by atoms with van der Waals surface area (Å²) in [5.41, 5.74) is 2.35. The molecule has 1 unspecified atom stereocenters. The topological polar surface area (TPSA) is 70.3 Å². The van der Waals surface area contributed by atoms with Gasteiger partial charge >= 0.3 is 5.97 Å². The molecule has 4 heteroatoms. The van der Waals surface area contributed by atoms with Crippen LogP contribution in [0.25, 0.3) is 11.1 Å². The molecule has 118 valence electrons. The summed E-state index contributed by atoms with van der Waals surface area (Å²) in [5, 5.41) is 18.4. The van der Waals surface area contributed by atoms with Gasteiger partial charge in [0.2, 0.25) is 0 Å². The number of nitrogens with zero attached hydrogens (tertiary/aromatic N) is 1. The smallest absolute Gasteiger partial charge is 0.344 e. The second-order valence-corrected chi connectivity index (χ2v) is 5.27. The number of carbonyl (C=O) groups is 1. The molecule has 23 heavy (non-hydrogen) atoms. The van der Waals surface area contributed by atoms with Crippen molar-refractivity contribution in [2.45, 2.75) is 32.3 Å². The Balaban J connectivity index is 2.16. The van der Waals surface area contributed by atoms with Crippen LogP contribution in [-0.4, -0.2) is 17.2 Å². The van der Waals surface area contributed by atoms with Crippen LogP contribution in [0.5, 0.6) is 5.75 Å². The van der Waals surface area contributed by atoms with Crippen LogP contribution < -0.4 is 4.74 Å². The van der Waals surface area contributed by atoms with Gasteiger partial charge in [0.15, 0.2) is 6.10 Å². The summed E-state index contributed by atoms with van der Waals surface area (Å²) in [5.74, 6) is -0.427. The molecule has 1 atom stereocenters. The number of unbranched alkanes of at least 4 members (excludes halogenated alkanes) is 1. The molecule has 0 saturated heterocycles. The van der Waals surface area contributed by atoms with Crippen LogP contribution in [0.4, 0.5) is 0 Å². The first-order valence-corrected chi connectivity index (χ1v) is 7.64. The van der Waals surface area contributed by atoms with Gasteiger partial charge in [-0.2, -0.15) is 5.26 Å². The lowest BCUT2D eigenvalue weighted by Crippen LogP contribution is -2.26. The molecule has 0 radical (unpaired) electrons.